The number of carbonyl (C=O) groups excluding carboxylic acids is 2. The van der Waals surface area contributed by atoms with E-state index in [-0.39, 0.29) is 23.5 Å². The molecule has 0 radical (unpaired) electrons. The highest BCUT2D eigenvalue weighted by Crippen LogP contribution is 2.44. The van der Waals surface area contributed by atoms with Crippen LogP contribution in [0, 0.1) is 17.3 Å². The van der Waals surface area contributed by atoms with Gasteiger partial charge in [0.25, 0.3) is 0 Å². The number of aliphatic hydroxyl groups is 2. The molecule has 1 unspecified atom stereocenters. The van der Waals surface area contributed by atoms with Gasteiger partial charge < -0.3 is 15.9 Å². The van der Waals surface area contributed by atoms with Crippen LogP contribution < -0.4 is 5.73 Å². The lowest BCUT2D eigenvalue weighted by Crippen LogP contribution is -2.31. The normalized spacial score (nSPS) is 24.1. The molecule has 0 aliphatic heterocycles. The number of amides is 1. The first-order valence-electron chi connectivity index (χ1n) is 11.2. The molecule has 1 aromatic carbocycles. The van der Waals surface area contributed by atoms with E-state index in [4.69, 9.17) is 5.73 Å². The minimum Gasteiger partial charge on any atom is -0.391 e. The number of benzene rings is 1. The summed E-state index contributed by atoms with van der Waals surface area (Å²) in [6, 6.07) is 10.2. The minimum atomic E-state index is -0.824. The molecule has 172 valence electrons. The Hall–Kier alpha value is -2.28. The first kappa shape index (κ1) is 24.4. The van der Waals surface area contributed by atoms with Crippen LogP contribution in [0.15, 0.2) is 54.6 Å². The minimum absolute atomic E-state index is 0.0421. The zero-order valence-electron chi connectivity index (χ0n) is 18.7. The molecule has 1 aromatic heterocycles. The molecular weight excluding hydrogens is 422 g/mol. The van der Waals surface area contributed by atoms with Crippen LogP contribution in [-0.2, 0) is 16.0 Å². The number of rotatable bonds is 10. The number of ketones is 1. The summed E-state index contributed by atoms with van der Waals surface area (Å²) in [5.74, 6) is -0.945. The van der Waals surface area contributed by atoms with Crippen LogP contribution in [0.5, 0.6) is 0 Å². The molecule has 1 aliphatic rings. The van der Waals surface area contributed by atoms with Gasteiger partial charge >= 0.3 is 0 Å². The largest absolute Gasteiger partial charge is 0.391 e. The molecule has 4 N–H and O–H groups in total. The van der Waals surface area contributed by atoms with Crippen LogP contribution in [0.1, 0.15) is 44.4 Å². The molecule has 1 saturated carbocycles. The lowest BCUT2D eigenvalue weighted by molar-refractivity contribution is -0.129. The van der Waals surface area contributed by atoms with E-state index in [2.05, 4.69) is 18.2 Å². The fourth-order valence-electron chi connectivity index (χ4n) is 4.43. The van der Waals surface area contributed by atoms with Gasteiger partial charge in [-0.1, -0.05) is 56.4 Å². The van der Waals surface area contributed by atoms with E-state index in [1.165, 1.54) is 10.1 Å². The maximum absolute atomic E-state index is 12.9. The summed E-state index contributed by atoms with van der Waals surface area (Å²) in [5, 5.41) is 22.6. The van der Waals surface area contributed by atoms with Crippen molar-refractivity contribution in [2.24, 2.45) is 23.0 Å². The molecule has 2 aromatic rings. The third kappa shape index (κ3) is 5.74. The topological polar surface area (TPSA) is 101 Å². The molecule has 3 rings (SSSR count). The van der Waals surface area contributed by atoms with Gasteiger partial charge in [0.2, 0.25) is 5.91 Å². The molecule has 6 heteroatoms. The number of hydrogen-bond acceptors (Lipinski definition) is 5. The van der Waals surface area contributed by atoms with Crippen molar-refractivity contribution < 1.29 is 19.8 Å². The summed E-state index contributed by atoms with van der Waals surface area (Å²) in [4.78, 5) is 24.9. The standard InChI is InChI=1S/C26H33NO4S/c1-26(2)24(30)20(10-5-3-4-6-12-23(27)29)21(25(26)31)14-13-18(28)16-19-15-17-9-7-8-11-22(17)32-19/h3,5,7-9,11,13-15,18,20-21,25,28,31H,4,6,10,12,16H2,1-2H3,(H2,27,29)/t18?,20-,21-,25+/m1/s1. The van der Waals surface area contributed by atoms with Crippen LogP contribution in [0.4, 0.5) is 0 Å². The van der Waals surface area contributed by atoms with Gasteiger partial charge in [0.1, 0.15) is 5.78 Å². The van der Waals surface area contributed by atoms with Crippen molar-refractivity contribution in [2.45, 2.75) is 58.2 Å². The zero-order valence-corrected chi connectivity index (χ0v) is 19.6. The van der Waals surface area contributed by atoms with E-state index in [9.17, 15) is 19.8 Å². The number of unbranched alkanes of at least 4 members (excludes halogenated alkanes) is 1. The SMILES string of the molecule is CC1(C)C(=O)[C@H](CC=CCCCC(N)=O)[C@@H](C=CC(O)Cc2cc3ccccc3s2)[C@@H]1O. The first-order chi connectivity index (χ1) is 15.2. The summed E-state index contributed by atoms with van der Waals surface area (Å²) in [5.41, 5.74) is 4.33. The third-order valence-electron chi connectivity index (χ3n) is 6.33. The zero-order chi connectivity index (χ0) is 23.3. The average Bonchev–Trinajstić information content (AvgIpc) is 3.21. The van der Waals surface area contributed by atoms with Gasteiger partial charge in [-0.05, 0) is 36.8 Å². The molecular formula is C26H33NO4S. The van der Waals surface area contributed by atoms with Crippen molar-refractivity contribution in [3.63, 3.8) is 0 Å². The van der Waals surface area contributed by atoms with Gasteiger partial charge in [-0.25, -0.2) is 0 Å². The Kier molecular flexibility index (Phi) is 8.04. The second-order valence-electron chi connectivity index (χ2n) is 9.19. The number of allylic oxidation sites excluding steroid dienone is 2. The number of aliphatic hydroxyl groups excluding tert-OH is 2. The number of primary amides is 1. The predicted molar refractivity (Wildman–Crippen MR) is 129 cm³/mol. The fourth-order valence-corrected chi connectivity index (χ4v) is 5.54. The average molecular weight is 456 g/mol. The van der Waals surface area contributed by atoms with Gasteiger partial charge in [0, 0.05) is 34.3 Å². The summed E-state index contributed by atoms with van der Waals surface area (Å²) < 4.78 is 1.19. The van der Waals surface area contributed by atoms with Gasteiger partial charge in [-0.3, -0.25) is 9.59 Å². The summed E-state index contributed by atoms with van der Waals surface area (Å²) in [6.45, 7) is 3.57. The Morgan fingerprint density at radius 1 is 1.28 bits per heavy atom. The van der Waals surface area contributed by atoms with Gasteiger partial charge in [-0.15, -0.1) is 11.3 Å². The first-order valence-corrected chi connectivity index (χ1v) is 12.0. The maximum Gasteiger partial charge on any atom is 0.217 e. The second-order valence-corrected chi connectivity index (χ2v) is 10.4. The fraction of sp³-hybridized carbons (Fsp3) is 0.462. The number of thiophene rings is 1. The Bertz CT molecular complexity index is 973. The molecule has 5 nitrogen and oxygen atoms in total. The highest BCUT2D eigenvalue weighted by molar-refractivity contribution is 7.19. The lowest BCUT2D eigenvalue weighted by Gasteiger charge is -2.22. The van der Waals surface area contributed by atoms with Crippen molar-refractivity contribution in [1.29, 1.82) is 0 Å². The molecule has 1 aliphatic carbocycles. The van der Waals surface area contributed by atoms with E-state index in [1.807, 2.05) is 30.4 Å². The molecule has 32 heavy (non-hydrogen) atoms. The molecule has 4 atom stereocenters. The van der Waals surface area contributed by atoms with Gasteiger partial charge in [0.05, 0.1) is 17.6 Å². The highest BCUT2D eigenvalue weighted by atomic mass is 32.1. The summed E-state index contributed by atoms with van der Waals surface area (Å²) >= 11 is 1.67. The smallest absolute Gasteiger partial charge is 0.217 e. The molecule has 1 heterocycles. The van der Waals surface area contributed by atoms with E-state index < -0.39 is 17.6 Å². The Morgan fingerprint density at radius 3 is 2.75 bits per heavy atom. The highest BCUT2D eigenvalue weighted by Gasteiger charge is 2.52. The van der Waals surface area contributed by atoms with E-state index in [0.29, 0.717) is 25.7 Å². The van der Waals surface area contributed by atoms with Crippen molar-refractivity contribution in [3.05, 3.63) is 59.5 Å². The number of fused-ring (bicyclic) bond motifs is 1. The molecule has 1 fully saturated rings. The Balaban J connectivity index is 1.64. The Morgan fingerprint density at radius 2 is 2.03 bits per heavy atom. The van der Waals surface area contributed by atoms with Crippen LogP contribution in [-0.4, -0.2) is 34.1 Å². The lowest BCUT2D eigenvalue weighted by atomic mass is 9.86. The van der Waals surface area contributed by atoms with E-state index >= 15 is 0 Å². The van der Waals surface area contributed by atoms with Crippen LogP contribution in [0.3, 0.4) is 0 Å². The number of nitrogens with two attached hydrogens (primary N) is 1. The van der Waals surface area contributed by atoms with Crippen molar-refractivity contribution in [1.82, 2.24) is 0 Å². The van der Waals surface area contributed by atoms with Crippen molar-refractivity contribution >= 4 is 33.1 Å². The van der Waals surface area contributed by atoms with E-state index in [0.717, 1.165) is 11.3 Å². The van der Waals surface area contributed by atoms with Crippen LogP contribution in [0.2, 0.25) is 0 Å². The number of hydrogen-bond donors (Lipinski definition) is 3. The predicted octanol–water partition coefficient (Wildman–Crippen LogP) is 4.17. The van der Waals surface area contributed by atoms with Crippen LogP contribution >= 0.6 is 11.3 Å². The summed E-state index contributed by atoms with van der Waals surface area (Å²) in [6.07, 6.45) is 8.76. The molecule has 1 amide bonds. The maximum atomic E-state index is 12.9. The third-order valence-corrected chi connectivity index (χ3v) is 7.47. The molecule has 0 saturated heterocycles. The number of carbonyl (C=O) groups is 2. The molecule has 0 bridgehead atoms. The molecule has 0 spiro atoms. The quantitative estimate of drug-likeness (QED) is 0.370. The van der Waals surface area contributed by atoms with Crippen molar-refractivity contribution in [2.75, 3.05) is 0 Å². The van der Waals surface area contributed by atoms with Gasteiger partial charge in [-0.2, -0.15) is 0 Å². The monoisotopic (exact) mass is 455 g/mol. The number of Topliss-reactive ketones (excluding diaryl/α,β-unsaturated/α-hetero) is 1. The Labute approximate surface area is 193 Å². The second kappa shape index (κ2) is 10.6. The van der Waals surface area contributed by atoms with Crippen molar-refractivity contribution in [3.8, 4) is 0 Å². The van der Waals surface area contributed by atoms with E-state index in [1.54, 1.807) is 31.3 Å². The summed E-state index contributed by atoms with van der Waals surface area (Å²) in [7, 11) is 0. The van der Waals surface area contributed by atoms with Crippen LogP contribution in [0.25, 0.3) is 10.1 Å². The van der Waals surface area contributed by atoms with Gasteiger partial charge in [0.15, 0.2) is 0 Å².